The summed E-state index contributed by atoms with van der Waals surface area (Å²) in [5.74, 6) is -3.50. The number of aromatic nitrogens is 2. The van der Waals surface area contributed by atoms with Crippen LogP contribution in [0.1, 0.15) is 17.0 Å². The summed E-state index contributed by atoms with van der Waals surface area (Å²) in [5, 5.41) is 0. The lowest BCUT2D eigenvalue weighted by Gasteiger charge is -2.38. The summed E-state index contributed by atoms with van der Waals surface area (Å²) in [4.78, 5) is 65.3. The fourth-order valence-corrected chi connectivity index (χ4v) is 3.90. The van der Waals surface area contributed by atoms with Gasteiger partial charge in [0.05, 0.1) is 5.56 Å². The fourth-order valence-electron chi connectivity index (χ4n) is 3.90. The second-order valence-corrected chi connectivity index (χ2v) is 7.10. The van der Waals surface area contributed by atoms with Gasteiger partial charge < -0.3 is 4.74 Å². The van der Waals surface area contributed by atoms with Gasteiger partial charge in [0.2, 0.25) is 17.7 Å². The summed E-state index contributed by atoms with van der Waals surface area (Å²) in [6.45, 7) is 0. The molecule has 10 heteroatoms. The number of amides is 4. The lowest BCUT2D eigenvalue weighted by atomic mass is 9.77. The van der Waals surface area contributed by atoms with Crippen molar-refractivity contribution in [3.63, 3.8) is 0 Å². The molecule has 150 valence electrons. The third kappa shape index (κ3) is 2.38. The van der Waals surface area contributed by atoms with Crippen LogP contribution in [0.25, 0.3) is 0 Å². The van der Waals surface area contributed by atoms with Crippen LogP contribution in [-0.4, -0.2) is 50.9 Å². The Bertz CT molecular complexity index is 1190. The minimum atomic E-state index is -1.35. The van der Waals surface area contributed by atoms with E-state index in [2.05, 4.69) is 0 Å². The Morgan fingerprint density at radius 3 is 2.00 bits per heavy atom. The van der Waals surface area contributed by atoms with Gasteiger partial charge in [0.1, 0.15) is 11.7 Å². The molecule has 1 saturated heterocycles. The average molecular weight is 398 g/mol. The highest BCUT2D eigenvalue weighted by Gasteiger charge is 2.51. The highest BCUT2D eigenvalue weighted by atomic mass is 16.5. The van der Waals surface area contributed by atoms with Gasteiger partial charge in [-0.05, 0) is 6.07 Å². The molecule has 3 heterocycles. The summed E-state index contributed by atoms with van der Waals surface area (Å²) < 4.78 is 7.89. The Morgan fingerprint density at radius 1 is 0.793 bits per heavy atom. The van der Waals surface area contributed by atoms with Crippen LogP contribution in [0.3, 0.4) is 0 Å². The molecule has 1 aromatic heterocycles. The van der Waals surface area contributed by atoms with Gasteiger partial charge in [0.15, 0.2) is 0 Å². The van der Waals surface area contributed by atoms with Crippen molar-refractivity contribution in [1.29, 1.82) is 0 Å². The van der Waals surface area contributed by atoms with Crippen molar-refractivity contribution in [2.24, 2.45) is 20.0 Å². The largest absolute Gasteiger partial charge is 0.440 e. The molecule has 0 saturated carbocycles. The molecule has 0 spiro atoms. The number of carbonyl (C=O) groups excluding carboxylic acids is 3. The van der Waals surface area contributed by atoms with E-state index in [9.17, 15) is 24.0 Å². The van der Waals surface area contributed by atoms with Crippen LogP contribution >= 0.6 is 0 Å². The third-order valence-corrected chi connectivity index (χ3v) is 5.52. The SMILES string of the molecule is CN1C(=O)C([C@H]2c3ccccc3Oc3c2c(=O)n(C)c(=O)n3C)C(=O)N(C)C1=O. The number of nitrogens with zero attached hydrogens (tertiary/aromatic N) is 4. The molecule has 4 rings (SSSR count). The van der Waals surface area contributed by atoms with E-state index in [1.165, 1.54) is 28.2 Å². The second kappa shape index (κ2) is 6.16. The molecular weight excluding hydrogens is 380 g/mol. The monoisotopic (exact) mass is 398 g/mol. The molecule has 4 amide bonds. The minimum Gasteiger partial charge on any atom is -0.440 e. The quantitative estimate of drug-likeness (QED) is 0.625. The maximum Gasteiger partial charge on any atom is 0.333 e. The maximum atomic E-state index is 13.0. The number of fused-ring (bicyclic) bond motifs is 2. The Hall–Kier alpha value is -3.69. The summed E-state index contributed by atoms with van der Waals surface area (Å²) >= 11 is 0. The Morgan fingerprint density at radius 2 is 1.38 bits per heavy atom. The number of para-hydroxylation sites is 1. The van der Waals surface area contributed by atoms with E-state index in [0.717, 1.165) is 18.9 Å². The van der Waals surface area contributed by atoms with Crippen molar-refractivity contribution in [1.82, 2.24) is 18.9 Å². The van der Waals surface area contributed by atoms with E-state index >= 15 is 0 Å². The molecule has 29 heavy (non-hydrogen) atoms. The molecule has 0 radical (unpaired) electrons. The molecule has 2 aliphatic rings. The summed E-state index contributed by atoms with van der Waals surface area (Å²) in [6.07, 6.45) is 0. The molecule has 2 aromatic rings. The van der Waals surface area contributed by atoms with E-state index < -0.39 is 40.9 Å². The van der Waals surface area contributed by atoms with Gasteiger partial charge in [-0.25, -0.2) is 9.59 Å². The fraction of sp³-hybridized carbons (Fsp3) is 0.316. The number of benzene rings is 1. The maximum absolute atomic E-state index is 13.0. The van der Waals surface area contributed by atoms with Crippen molar-refractivity contribution in [2.45, 2.75) is 5.92 Å². The van der Waals surface area contributed by atoms with Gasteiger partial charge >= 0.3 is 11.7 Å². The van der Waals surface area contributed by atoms with Crippen molar-refractivity contribution < 1.29 is 19.1 Å². The van der Waals surface area contributed by atoms with Gasteiger partial charge in [-0.15, -0.1) is 0 Å². The van der Waals surface area contributed by atoms with Crippen LogP contribution in [0, 0.1) is 5.92 Å². The molecule has 0 aliphatic carbocycles. The highest BCUT2D eigenvalue weighted by Crippen LogP contribution is 2.46. The standard InChI is InChI=1S/C19H18N4O6/c1-20-14(24)12(15(25)21(2)18(20)27)11-9-7-5-6-8-10(9)29-17-13(11)16(26)22(3)19(28)23(17)4/h5-8,11-12H,1-4H3/t11-/m1/s1. The molecule has 1 atom stereocenters. The summed E-state index contributed by atoms with van der Waals surface area (Å²) in [5.41, 5.74) is -0.780. The number of ether oxygens (including phenoxy) is 1. The molecule has 2 aliphatic heterocycles. The zero-order chi connectivity index (χ0) is 21.2. The lowest BCUT2D eigenvalue weighted by Crippen LogP contribution is -2.59. The van der Waals surface area contributed by atoms with Crippen LogP contribution in [0.2, 0.25) is 0 Å². The predicted molar refractivity (Wildman–Crippen MR) is 99.7 cm³/mol. The minimum absolute atomic E-state index is 0.0235. The number of carbonyl (C=O) groups is 3. The Balaban J connectivity index is 2.06. The van der Waals surface area contributed by atoms with Gasteiger partial charge in [-0.2, -0.15) is 0 Å². The van der Waals surface area contributed by atoms with Crippen LogP contribution in [0.15, 0.2) is 33.9 Å². The molecule has 0 unspecified atom stereocenters. The first-order valence-electron chi connectivity index (χ1n) is 8.82. The Kier molecular flexibility index (Phi) is 3.96. The zero-order valence-electron chi connectivity index (χ0n) is 16.2. The first kappa shape index (κ1) is 18.7. The summed E-state index contributed by atoms with van der Waals surface area (Å²) in [6, 6.07) is 5.94. The third-order valence-electron chi connectivity index (χ3n) is 5.52. The van der Waals surface area contributed by atoms with Crippen LogP contribution in [0.5, 0.6) is 11.6 Å². The van der Waals surface area contributed by atoms with E-state index in [-0.39, 0.29) is 11.4 Å². The van der Waals surface area contributed by atoms with Crippen LogP contribution in [-0.2, 0) is 23.7 Å². The zero-order valence-corrected chi connectivity index (χ0v) is 16.2. The number of hydrogen-bond acceptors (Lipinski definition) is 6. The van der Waals surface area contributed by atoms with Crippen molar-refractivity contribution in [3.8, 4) is 11.6 Å². The highest BCUT2D eigenvalue weighted by molar-refractivity contribution is 6.16. The topological polar surface area (TPSA) is 111 Å². The van der Waals surface area contributed by atoms with E-state index in [0.29, 0.717) is 11.3 Å². The molecule has 1 fully saturated rings. The normalized spacial score (nSPS) is 19.2. The molecule has 0 N–H and O–H groups in total. The number of hydrogen-bond donors (Lipinski definition) is 0. The van der Waals surface area contributed by atoms with Gasteiger partial charge in [0, 0.05) is 39.7 Å². The molecule has 0 bridgehead atoms. The number of imide groups is 2. The van der Waals surface area contributed by atoms with Gasteiger partial charge in [-0.3, -0.25) is 33.3 Å². The van der Waals surface area contributed by atoms with E-state index in [4.69, 9.17) is 4.74 Å². The van der Waals surface area contributed by atoms with Crippen LogP contribution < -0.4 is 16.0 Å². The van der Waals surface area contributed by atoms with Crippen molar-refractivity contribution in [2.75, 3.05) is 14.1 Å². The number of urea groups is 1. The van der Waals surface area contributed by atoms with Crippen molar-refractivity contribution in [3.05, 3.63) is 56.2 Å². The first-order chi connectivity index (χ1) is 13.7. The van der Waals surface area contributed by atoms with Crippen LogP contribution in [0.4, 0.5) is 4.79 Å². The number of rotatable bonds is 1. The van der Waals surface area contributed by atoms with E-state index in [1.54, 1.807) is 24.3 Å². The van der Waals surface area contributed by atoms with E-state index in [1.807, 2.05) is 0 Å². The molecule has 1 aromatic carbocycles. The summed E-state index contributed by atoms with van der Waals surface area (Å²) in [7, 11) is 5.32. The smallest absolute Gasteiger partial charge is 0.333 e. The lowest BCUT2D eigenvalue weighted by molar-refractivity contribution is -0.148. The molecular formula is C19H18N4O6. The predicted octanol–water partition coefficient (Wildman–Crippen LogP) is -0.0118. The molecule has 10 nitrogen and oxygen atoms in total. The average Bonchev–Trinajstić information content (AvgIpc) is 2.73. The second-order valence-electron chi connectivity index (χ2n) is 7.10. The van der Waals surface area contributed by atoms with Gasteiger partial charge in [0.25, 0.3) is 5.56 Å². The number of barbiturate groups is 1. The van der Waals surface area contributed by atoms with Crippen molar-refractivity contribution >= 4 is 17.8 Å². The first-order valence-corrected chi connectivity index (χ1v) is 8.82. The Labute approximate surface area is 164 Å². The van der Waals surface area contributed by atoms with Gasteiger partial charge in [-0.1, -0.05) is 18.2 Å².